The van der Waals surface area contributed by atoms with E-state index in [0.717, 1.165) is 0 Å². The first-order valence-corrected chi connectivity index (χ1v) is 2.96. The van der Waals surface area contributed by atoms with E-state index in [1.165, 1.54) is 0 Å². The van der Waals surface area contributed by atoms with Crippen LogP contribution in [0.1, 0.15) is 6.92 Å². The van der Waals surface area contributed by atoms with Crippen molar-refractivity contribution in [3.8, 4) is 0 Å². The van der Waals surface area contributed by atoms with Crippen molar-refractivity contribution in [2.75, 3.05) is 13.2 Å². The Morgan fingerprint density at radius 1 is 1.89 bits per heavy atom. The van der Waals surface area contributed by atoms with Crippen molar-refractivity contribution in [2.24, 2.45) is 11.0 Å². The van der Waals surface area contributed by atoms with Gasteiger partial charge < -0.3 is 0 Å². The van der Waals surface area contributed by atoms with Gasteiger partial charge in [0.2, 0.25) is 0 Å². The second-order valence-electron chi connectivity index (χ2n) is 2.02. The predicted molar refractivity (Wildman–Crippen MR) is 33.6 cm³/mol. The van der Waals surface area contributed by atoms with Gasteiger partial charge in [-0.25, -0.2) is 4.39 Å². The maximum absolute atomic E-state index is 11.6. The summed E-state index contributed by atoms with van der Waals surface area (Å²) in [7, 11) is 0. The lowest BCUT2D eigenvalue weighted by Crippen LogP contribution is -2.14. The van der Waals surface area contributed by atoms with E-state index in [1.807, 2.05) is 13.5 Å². The fourth-order valence-electron chi connectivity index (χ4n) is 0.701. The van der Waals surface area contributed by atoms with Crippen LogP contribution in [0.3, 0.4) is 0 Å². The maximum atomic E-state index is 11.6. The third-order valence-electron chi connectivity index (χ3n) is 1.10. The second-order valence-corrected chi connectivity index (χ2v) is 2.02. The molecule has 2 radical (unpaired) electrons. The van der Waals surface area contributed by atoms with Crippen LogP contribution < -0.4 is 0 Å². The van der Waals surface area contributed by atoms with E-state index in [2.05, 4.69) is 11.3 Å². The highest BCUT2D eigenvalue weighted by Gasteiger charge is 2.13. The molecule has 1 atom stereocenters. The van der Waals surface area contributed by atoms with Crippen molar-refractivity contribution in [2.45, 2.75) is 6.92 Å². The van der Waals surface area contributed by atoms with Gasteiger partial charge >= 0.3 is 0 Å². The Hall–Kier alpha value is -0.600. The summed E-state index contributed by atoms with van der Waals surface area (Å²) in [4.78, 5) is 0. The van der Waals surface area contributed by atoms with Crippen LogP contribution in [-0.4, -0.2) is 24.4 Å². The molecule has 1 rings (SSSR count). The molecule has 0 aliphatic carbocycles. The highest BCUT2D eigenvalue weighted by molar-refractivity contribution is 5.63. The number of hydrogen-bond acceptors (Lipinski definition) is 2. The average Bonchev–Trinajstić information content (AvgIpc) is 2.17. The molecule has 0 aromatic heterocycles. The lowest BCUT2D eigenvalue weighted by atomic mass is 10.2. The molecule has 3 heteroatoms. The topological polar surface area (TPSA) is 15.6 Å². The second kappa shape index (κ2) is 2.80. The van der Waals surface area contributed by atoms with Crippen molar-refractivity contribution in [1.29, 1.82) is 0 Å². The molecule has 1 unspecified atom stereocenters. The monoisotopic (exact) mass is 128 g/mol. The first-order chi connectivity index (χ1) is 4.33. The summed E-state index contributed by atoms with van der Waals surface area (Å²) >= 11 is 0. The molecule has 0 aromatic rings. The quantitative estimate of drug-likeness (QED) is 0.540. The molecule has 0 fully saturated rings. The first kappa shape index (κ1) is 6.52. The predicted octanol–water partition coefficient (Wildman–Crippen LogP) is 0.932. The Bertz CT molecular complexity index is 114. The van der Waals surface area contributed by atoms with Crippen LogP contribution in [0.4, 0.5) is 4.39 Å². The molecule has 1 aliphatic rings. The van der Waals surface area contributed by atoms with Gasteiger partial charge in [0.1, 0.15) is 6.67 Å². The molecule has 1 aliphatic heterocycles. The molecular weight excluding hydrogens is 119 g/mol. The van der Waals surface area contributed by atoms with E-state index >= 15 is 0 Å². The summed E-state index contributed by atoms with van der Waals surface area (Å²) < 4.78 is 11.6. The fourth-order valence-corrected chi connectivity index (χ4v) is 0.701. The highest BCUT2D eigenvalue weighted by atomic mass is 19.1. The number of rotatable bonds is 2. The van der Waals surface area contributed by atoms with Crippen LogP contribution in [-0.2, 0) is 0 Å². The van der Waals surface area contributed by atoms with Crippen molar-refractivity contribution in [3.05, 3.63) is 6.54 Å². The zero-order valence-corrected chi connectivity index (χ0v) is 5.34. The van der Waals surface area contributed by atoms with Gasteiger partial charge in [-0.3, -0.25) is 5.01 Å². The van der Waals surface area contributed by atoms with Gasteiger partial charge in [0, 0.05) is 5.92 Å². The summed E-state index contributed by atoms with van der Waals surface area (Å²) in [5.41, 5.74) is 0. The van der Waals surface area contributed by atoms with E-state index in [9.17, 15) is 4.39 Å². The number of hydrazone groups is 1. The third-order valence-corrected chi connectivity index (χ3v) is 1.10. The van der Waals surface area contributed by atoms with Gasteiger partial charge in [0.15, 0.2) is 0 Å². The number of hydrogen-bond donors (Lipinski definition) is 0. The van der Waals surface area contributed by atoms with E-state index in [-0.39, 0.29) is 12.6 Å². The molecule has 0 spiro atoms. The lowest BCUT2D eigenvalue weighted by molar-refractivity contribution is 0.312. The average molecular weight is 128 g/mol. The Balaban J connectivity index is 2.24. The smallest absolute Gasteiger partial charge is 0.109 e. The SMILES string of the molecule is CC1[C]=NN(CCF)[CH]1. The van der Waals surface area contributed by atoms with Crippen LogP contribution in [0, 0.1) is 12.5 Å². The molecule has 0 N–H and O–H groups in total. The van der Waals surface area contributed by atoms with Crippen molar-refractivity contribution >= 4 is 6.21 Å². The molecule has 2 nitrogen and oxygen atoms in total. The maximum Gasteiger partial charge on any atom is 0.109 e. The van der Waals surface area contributed by atoms with Gasteiger partial charge in [-0.05, 0) is 0 Å². The summed E-state index contributed by atoms with van der Waals surface area (Å²) in [6.45, 7) is 3.81. The van der Waals surface area contributed by atoms with E-state index < -0.39 is 0 Å². The molecule has 1 heterocycles. The largest absolute Gasteiger partial charge is 0.288 e. The summed E-state index contributed by atoms with van der Waals surface area (Å²) in [5.74, 6) is 0.247. The minimum Gasteiger partial charge on any atom is -0.288 e. The highest BCUT2D eigenvalue weighted by Crippen LogP contribution is 2.10. The molecule has 50 valence electrons. The van der Waals surface area contributed by atoms with Crippen LogP contribution in [0.25, 0.3) is 0 Å². The number of halogens is 1. The molecule has 9 heavy (non-hydrogen) atoms. The van der Waals surface area contributed by atoms with Crippen LogP contribution in [0.15, 0.2) is 5.10 Å². The Morgan fingerprint density at radius 3 is 3.11 bits per heavy atom. The Kier molecular flexibility index (Phi) is 2.03. The van der Waals surface area contributed by atoms with E-state index in [1.54, 1.807) is 5.01 Å². The molecule has 0 amide bonds. The summed E-state index contributed by atoms with van der Waals surface area (Å²) in [5, 5.41) is 5.37. The number of nitrogens with zero attached hydrogens (tertiary/aromatic N) is 2. The van der Waals surface area contributed by atoms with Crippen LogP contribution >= 0.6 is 0 Å². The fraction of sp³-hybridized carbons (Fsp3) is 0.667. The minimum atomic E-state index is -0.353. The zero-order valence-electron chi connectivity index (χ0n) is 5.34. The van der Waals surface area contributed by atoms with Crippen LogP contribution in [0.2, 0.25) is 0 Å². The standard InChI is InChI=1S/C6H9FN2/c1-6-4-8-9(5-6)3-2-7/h5-6H,2-3H2,1H3. The van der Waals surface area contributed by atoms with E-state index in [4.69, 9.17) is 0 Å². The first-order valence-electron chi connectivity index (χ1n) is 2.96. The van der Waals surface area contributed by atoms with Crippen molar-refractivity contribution in [3.63, 3.8) is 0 Å². The Morgan fingerprint density at radius 2 is 2.67 bits per heavy atom. The van der Waals surface area contributed by atoms with Gasteiger partial charge in [0.25, 0.3) is 0 Å². The molecule has 0 saturated heterocycles. The lowest BCUT2D eigenvalue weighted by Gasteiger charge is -2.09. The molecule has 0 aromatic carbocycles. The zero-order chi connectivity index (χ0) is 6.69. The molecular formula is C6H9FN2. The molecule has 0 bridgehead atoms. The third kappa shape index (κ3) is 1.66. The normalized spacial score (nSPS) is 25.6. The molecule has 0 saturated carbocycles. The summed E-state index contributed by atoms with van der Waals surface area (Å²) in [6.07, 6.45) is 2.78. The van der Waals surface area contributed by atoms with Gasteiger partial charge in [-0.2, -0.15) is 5.10 Å². The van der Waals surface area contributed by atoms with Gasteiger partial charge in [-0.15, -0.1) is 0 Å². The minimum absolute atomic E-state index is 0.247. The van der Waals surface area contributed by atoms with Gasteiger partial charge in [0.05, 0.1) is 19.3 Å². The van der Waals surface area contributed by atoms with Crippen LogP contribution in [0.5, 0.6) is 0 Å². The summed E-state index contributed by atoms with van der Waals surface area (Å²) in [6, 6.07) is 0. The van der Waals surface area contributed by atoms with Crippen molar-refractivity contribution in [1.82, 2.24) is 5.01 Å². The number of alkyl halides is 1. The van der Waals surface area contributed by atoms with Gasteiger partial charge in [-0.1, -0.05) is 6.92 Å². The van der Waals surface area contributed by atoms with E-state index in [0.29, 0.717) is 6.54 Å². The van der Waals surface area contributed by atoms with Crippen molar-refractivity contribution < 1.29 is 4.39 Å². The Labute approximate surface area is 54.3 Å².